The Bertz CT molecular complexity index is 1240. The lowest BCUT2D eigenvalue weighted by Gasteiger charge is -2.34. The molecule has 1 fully saturated rings. The quantitative estimate of drug-likeness (QED) is 0.474. The maximum absolute atomic E-state index is 12.7. The van der Waals surface area contributed by atoms with Crippen LogP contribution in [-0.2, 0) is 6.42 Å². The highest BCUT2D eigenvalue weighted by Gasteiger charge is 2.20. The van der Waals surface area contributed by atoms with Crippen molar-refractivity contribution in [1.82, 2.24) is 15.2 Å². The largest absolute Gasteiger partial charge is 0.351 e. The van der Waals surface area contributed by atoms with Crippen molar-refractivity contribution in [1.29, 1.82) is 0 Å². The van der Waals surface area contributed by atoms with Gasteiger partial charge in [0.2, 0.25) is 0 Å². The molecule has 0 aliphatic carbocycles. The predicted molar refractivity (Wildman–Crippen MR) is 134 cm³/mol. The summed E-state index contributed by atoms with van der Waals surface area (Å²) >= 11 is 1.79. The predicted octanol–water partition coefficient (Wildman–Crippen LogP) is 4.56. The summed E-state index contributed by atoms with van der Waals surface area (Å²) in [7, 11) is 0. The maximum Gasteiger partial charge on any atom is 0.251 e. The van der Waals surface area contributed by atoms with Crippen molar-refractivity contribution in [3.63, 3.8) is 0 Å². The number of thiazole rings is 1. The van der Waals surface area contributed by atoms with Crippen LogP contribution >= 0.6 is 11.3 Å². The minimum atomic E-state index is 0.00152. The van der Waals surface area contributed by atoms with Gasteiger partial charge in [-0.2, -0.15) is 0 Å². The van der Waals surface area contributed by atoms with E-state index in [9.17, 15) is 4.79 Å². The monoisotopic (exact) mass is 444 g/mol. The first-order chi connectivity index (χ1) is 15.7. The third kappa shape index (κ3) is 4.20. The van der Waals surface area contributed by atoms with Gasteiger partial charge in [-0.25, -0.2) is 4.98 Å². The van der Waals surface area contributed by atoms with Crippen LogP contribution < -0.4 is 10.2 Å². The Morgan fingerprint density at radius 2 is 1.78 bits per heavy atom. The Labute approximate surface area is 192 Å². The van der Waals surface area contributed by atoms with Crippen molar-refractivity contribution in [2.24, 2.45) is 0 Å². The number of nitrogens with one attached hydrogen (secondary N) is 1. The van der Waals surface area contributed by atoms with Gasteiger partial charge in [-0.1, -0.05) is 66.8 Å². The lowest BCUT2D eigenvalue weighted by Crippen LogP contribution is -2.48. The summed E-state index contributed by atoms with van der Waals surface area (Å²) < 4.78 is 1.28. The molecule has 4 aromatic rings. The standard InChI is InChI=1S/C26H28N4OS/c1-2-19-8-6-12-23-24(19)28-26(32-23)30-17-15-29(16-18-30)14-13-27-25(31)22-11-5-9-20-7-3-4-10-21(20)22/h3-12H,2,13-18H2,1H3,(H,27,31). The molecule has 0 unspecified atom stereocenters. The molecule has 1 saturated heterocycles. The van der Waals surface area contributed by atoms with Gasteiger partial charge in [0.15, 0.2) is 5.13 Å². The van der Waals surface area contributed by atoms with Gasteiger partial charge in [-0.3, -0.25) is 9.69 Å². The highest BCUT2D eigenvalue weighted by atomic mass is 32.1. The zero-order chi connectivity index (χ0) is 21.9. The van der Waals surface area contributed by atoms with E-state index in [4.69, 9.17) is 4.98 Å². The number of carbonyl (C=O) groups excluding carboxylic acids is 1. The molecule has 1 N–H and O–H groups in total. The number of fused-ring (bicyclic) bond motifs is 2. The van der Waals surface area contributed by atoms with Crippen LogP contribution in [0.5, 0.6) is 0 Å². The van der Waals surface area contributed by atoms with Crippen LogP contribution in [-0.4, -0.2) is 55.1 Å². The Kier molecular flexibility index (Phi) is 6.06. The molecule has 6 heteroatoms. The molecule has 1 aromatic heterocycles. The van der Waals surface area contributed by atoms with E-state index in [0.717, 1.165) is 66.1 Å². The average Bonchev–Trinajstić information content (AvgIpc) is 3.28. The molecular weight excluding hydrogens is 416 g/mol. The number of anilines is 1. The summed E-state index contributed by atoms with van der Waals surface area (Å²) in [5.41, 5.74) is 3.23. The lowest BCUT2D eigenvalue weighted by molar-refractivity contribution is 0.0949. The van der Waals surface area contributed by atoms with Crippen molar-refractivity contribution in [3.8, 4) is 0 Å². The maximum atomic E-state index is 12.7. The molecule has 5 rings (SSSR count). The van der Waals surface area contributed by atoms with Crippen LogP contribution in [0.2, 0.25) is 0 Å². The third-order valence-electron chi connectivity index (χ3n) is 6.26. The number of benzene rings is 3. The topological polar surface area (TPSA) is 48.5 Å². The fourth-order valence-electron chi connectivity index (χ4n) is 4.42. The second-order valence-corrected chi connectivity index (χ2v) is 9.23. The van der Waals surface area contributed by atoms with Gasteiger partial charge in [0.1, 0.15) is 0 Å². The first-order valence-corrected chi connectivity index (χ1v) is 12.2. The Morgan fingerprint density at radius 1 is 1.00 bits per heavy atom. The van der Waals surface area contributed by atoms with Gasteiger partial charge in [0.05, 0.1) is 10.2 Å². The zero-order valence-corrected chi connectivity index (χ0v) is 19.2. The van der Waals surface area contributed by atoms with Crippen molar-refractivity contribution < 1.29 is 4.79 Å². The van der Waals surface area contributed by atoms with Crippen LogP contribution in [0.15, 0.2) is 60.7 Å². The molecule has 5 nitrogen and oxygen atoms in total. The smallest absolute Gasteiger partial charge is 0.251 e. The molecular formula is C26H28N4OS. The molecule has 2 heterocycles. The van der Waals surface area contributed by atoms with Crippen LogP contribution in [0.4, 0.5) is 5.13 Å². The van der Waals surface area contributed by atoms with Crippen molar-refractivity contribution >= 4 is 43.4 Å². The number of aromatic nitrogens is 1. The van der Waals surface area contributed by atoms with E-state index in [1.54, 1.807) is 11.3 Å². The summed E-state index contributed by atoms with van der Waals surface area (Å²) in [6, 6.07) is 20.4. The fourth-order valence-corrected chi connectivity index (χ4v) is 5.49. The SMILES string of the molecule is CCc1cccc2sc(N3CCN(CCNC(=O)c4cccc5ccccc45)CC3)nc12. The van der Waals surface area contributed by atoms with E-state index in [-0.39, 0.29) is 5.91 Å². The number of amides is 1. The molecule has 0 radical (unpaired) electrons. The van der Waals surface area contributed by atoms with Crippen LogP contribution in [0.25, 0.3) is 21.0 Å². The molecule has 164 valence electrons. The van der Waals surface area contributed by atoms with Crippen LogP contribution in [0, 0.1) is 0 Å². The van der Waals surface area contributed by atoms with E-state index in [1.165, 1.54) is 10.3 Å². The number of hydrogen-bond donors (Lipinski definition) is 1. The minimum Gasteiger partial charge on any atom is -0.351 e. The van der Waals surface area contributed by atoms with Gasteiger partial charge in [-0.15, -0.1) is 0 Å². The molecule has 32 heavy (non-hydrogen) atoms. The summed E-state index contributed by atoms with van der Waals surface area (Å²) in [4.78, 5) is 22.5. The van der Waals surface area contributed by atoms with Gasteiger partial charge in [0, 0.05) is 44.8 Å². The number of para-hydroxylation sites is 1. The van der Waals surface area contributed by atoms with Crippen molar-refractivity contribution in [2.45, 2.75) is 13.3 Å². The highest BCUT2D eigenvalue weighted by molar-refractivity contribution is 7.22. The second-order valence-electron chi connectivity index (χ2n) is 8.23. The van der Waals surface area contributed by atoms with Gasteiger partial charge in [0.25, 0.3) is 5.91 Å². The molecule has 0 spiro atoms. The van der Waals surface area contributed by atoms with E-state index in [1.807, 2.05) is 42.5 Å². The lowest BCUT2D eigenvalue weighted by atomic mass is 10.0. The summed E-state index contributed by atoms with van der Waals surface area (Å²) in [5.74, 6) is 0.00152. The Balaban J connectivity index is 1.14. The summed E-state index contributed by atoms with van der Waals surface area (Å²) in [5, 5.41) is 6.33. The van der Waals surface area contributed by atoms with E-state index >= 15 is 0 Å². The van der Waals surface area contributed by atoms with Gasteiger partial charge in [-0.05, 0) is 34.9 Å². The number of piperazine rings is 1. The first-order valence-electron chi connectivity index (χ1n) is 11.3. The molecule has 1 aliphatic heterocycles. The van der Waals surface area contributed by atoms with Crippen LogP contribution in [0.3, 0.4) is 0 Å². The normalized spacial score (nSPS) is 14.8. The van der Waals surface area contributed by atoms with Crippen LogP contribution in [0.1, 0.15) is 22.8 Å². The van der Waals surface area contributed by atoms with E-state index in [2.05, 4.69) is 40.2 Å². The summed E-state index contributed by atoms with van der Waals surface area (Å²) in [6.45, 7) is 7.62. The molecule has 0 bridgehead atoms. The zero-order valence-electron chi connectivity index (χ0n) is 18.4. The van der Waals surface area contributed by atoms with Crippen molar-refractivity contribution in [3.05, 3.63) is 71.8 Å². The number of carbonyl (C=O) groups is 1. The van der Waals surface area contributed by atoms with Gasteiger partial charge >= 0.3 is 0 Å². The molecule has 3 aromatic carbocycles. The molecule has 1 amide bonds. The summed E-state index contributed by atoms with van der Waals surface area (Å²) in [6.07, 6.45) is 1.01. The Hall–Kier alpha value is -2.96. The molecule has 0 atom stereocenters. The van der Waals surface area contributed by atoms with E-state index < -0.39 is 0 Å². The second kappa shape index (κ2) is 9.27. The average molecular weight is 445 g/mol. The molecule has 1 aliphatic rings. The Morgan fingerprint density at radius 3 is 2.62 bits per heavy atom. The van der Waals surface area contributed by atoms with Gasteiger partial charge < -0.3 is 10.2 Å². The number of aryl methyl sites for hydroxylation is 1. The molecule has 0 saturated carbocycles. The number of rotatable bonds is 6. The fraction of sp³-hybridized carbons (Fsp3) is 0.308. The minimum absolute atomic E-state index is 0.00152. The van der Waals surface area contributed by atoms with Crippen molar-refractivity contribution in [2.75, 3.05) is 44.2 Å². The first kappa shape index (κ1) is 20.9. The number of hydrogen-bond acceptors (Lipinski definition) is 5. The third-order valence-corrected chi connectivity index (χ3v) is 7.34. The van der Waals surface area contributed by atoms with E-state index in [0.29, 0.717) is 6.54 Å². The number of nitrogens with zero attached hydrogens (tertiary/aromatic N) is 3. The highest BCUT2D eigenvalue weighted by Crippen LogP contribution is 2.31.